The number of methoxy groups -OCH3 is 1. The molecule has 8 nitrogen and oxygen atoms in total. The Morgan fingerprint density at radius 3 is 2.50 bits per heavy atom. The van der Waals surface area contributed by atoms with Gasteiger partial charge in [0.25, 0.3) is 11.5 Å². The molecule has 0 atom stereocenters. The molecule has 0 bridgehead atoms. The number of amides is 1. The molecule has 0 saturated carbocycles. The highest BCUT2D eigenvalue weighted by Gasteiger charge is 2.24. The zero-order chi connectivity index (χ0) is 17.9. The maximum absolute atomic E-state index is 12.6. The number of ether oxygens (including phenoxy) is 1. The summed E-state index contributed by atoms with van der Waals surface area (Å²) in [6.07, 6.45) is 1.64. The fourth-order valence-corrected chi connectivity index (χ4v) is 2.82. The van der Waals surface area contributed by atoms with E-state index in [1.54, 1.807) is 36.6 Å². The van der Waals surface area contributed by atoms with E-state index in [0.717, 1.165) is 11.8 Å². The largest absolute Gasteiger partial charge is 0.497 e. The Morgan fingerprint density at radius 2 is 2.00 bits per heavy atom. The first kappa shape index (κ1) is 17.2. The molecule has 0 spiro atoms. The van der Waals surface area contributed by atoms with Crippen LogP contribution in [0.25, 0.3) is 0 Å². The number of benzene rings is 1. The van der Waals surface area contributed by atoms with Crippen LogP contribution in [0, 0.1) is 11.3 Å². The van der Waals surface area contributed by atoms with Gasteiger partial charge in [0.2, 0.25) is 0 Å². The van der Waals surface area contributed by atoms with Gasteiger partial charge in [0.15, 0.2) is 0 Å². The number of nitrogen functional groups attached to an aromatic ring is 2. The smallest absolute Gasteiger partial charge is 0.289 e. The topological polar surface area (TPSA) is 136 Å². The molecule has 1 aromatic heterocycles. The number of rotatable bonds is 4. The van der Waals surface area contributed by atoms with Crippen molar-refractivity contribution >= 4 is 29.2 Å². The predicted octanol–water partition coefficient (Wildman–Crippen LogP) is 0.999. The van der Waals surface area contributed by atoms with Crippen molar-refractivity contribution in [2.24, 2.45) is 0 Å². The first-order valence-corrected chi connectivity index (χ1v) is 7.90. The lowest BCUT2D eigenvalue weighted by molar-refractivity contribution is 0.102. The van der Waals surface area contributed by atoms with E-state index < -0.39 is 11.5 Å². The number of thioether (sulfide) groups is 1. The maximum atomic E-state index is 12.6. The number of nitrogens with two attached hydrogens (primary N) is 2. The molecule has 9 heteroatoms. The summed E-state index contributed by atoms with van der Waals surface area (Å²) in [6.45, 7) is 0. The zero-order valence-electron chi connectivity index (χ0n) is 13.0. The highest BCUT2D eigenvalue weighted by molar-refractivity contribution is 7.98. The number of nitrogens with one attached hydrogen (secondary N) is 1. The molecule has 0 aliphatic rings. The van der Waals surface area contributed by atoms with Crippen LogP contribution < -0.4 is 27.2 Å². The van der Waals surface area contributed by atoms with Crippen LogP contribution in [0.3, 0.4) is 0 Å². The van der Waals surface area contributed by atoms with Crippen LogP contribution in [0.1, 0.15) is 15.9 Å². The van der Waals surface area contributed by atoms with Gasteiger partial charge in [-0.15, -0.1) is 11.8 Å². The first-order valence-electron chi connectivity index (χ1n) is 6.67. The van der Waals surface area contributed by atoms with Gasteiger partial charge in [0.1, 0.15) is 23.2 Å². The predicted molar refractivity (Wildman–Crippen MR) is 92.7 cm³/mol. The minimum atomic E-state index is -0.750. The van der Waals surface area contributed by atoms with Crippen molar-refractivity contribution in [1.82, 2.24) is 4.68 Å². The van der Waals surface area contributed by atoms with Crippen LogP contribution in [-0.4, -0.2) is 23.9 Å². The fraction of sp³-hybridized carbons (Fsp3) is 0.133. The van der Waals surface area contributed by atoms with Crippen molar-refractivity contribution in [2.45, 2.75) is 4.90 Å². The molecule has 2 rings (SSSR count). The van der Waals surface area contributed by atoms with Crippen LogP contribution >= 0.6 is 11.8 Å². The van der Waals surface area contributed by atoms with E-state index >= 15 is 0 Å². The van der Waals surface area contributed by atoms with Crippen LogP contribution in [0.2, 0.25) is 0 Å². The van der Waals surface area contributed by atoms with Crippen molar-refractivity contribution in [1.29, 1.82) is 5.26 Å². The molecular weight excluding hydrogens is 330 g/mol. The SMILES string of the molecule is COc1ccc(NC(=O)c2c(SC)c(C#N)c(=O)n(N)c2N)cc1. The van der Waals surface area contributed by atoms with Gasteiger partial charge < -0.3 is 21.6 Å². The number of carbonyl (C=O) groups excluding carboxylic acids is 1. The molecule has 1 aromatic carbocycles. The Hall–Kier alpha value is -3.12. The number of nitrogens with zero attached hydrogens (tertiary/aromatic N) is 2. The summed E-state index contributed by atoms with van der Waals surface area (Å²) in [6, 6.07) is 8.43. The zero-order valence-corrected chi connectivity index (χ0v) is 13.8. The molecule has 0 saturated heterocycles. The lowest BCUT2D eigenvalue weighted by Gasteiger charge is -2.15. The molecule has 0 unspecified atom stereocenters. The molecule has 5 N–H and O–H groups in total. The Labute approximate surface area is 142 Å². The summed E-state index contributed by atoms with van der Waals surface area (Å²) in [5.74, 6) is 5.43. The number of hydrogen-bond donors (Lipinski definition) is 3. The van der Waals surface area contributed by atoms with Gasteiger partial charge in [0, 0.05) is 10.6 Å². The number of carbonyl (C=O) groups is 1. The number of nitriles is 1. The molecule has 0 radical (unpaired) electrons. The Bertz CT molecular complexity index is 884. The molecule has 24 heavy (non-hydrogen) atoms. The Morgan fingerprint density at radius 1 is 1.38 bits per heavy atom. The van der Waals surface area contributed by atoms with E-state index in [4.69, 9.17) is 16.3 Å². The van der Waals surface area contributed by atoms with Crippen molar-refractivity contribution in [3.05, 3.63) is 45.7 Å². The fourth-order valence-electron chi connectivity index (χ4n) is 2.08. The number of hydrogen-bond acceptors (Lipinski definition) is 7. The summed E-state index contributed by atoms with van der Waals surface area (Å²) in [4.78, 5) is 24.8. The quantitative estimate of drug-likeness (QED) is 0.555. The second-order valence-corrected chi connectivity index (χ2v) is 5.45. The monoisotopic (exact) mass is 345 g/mol. The van der Waals surface area contributed by atoms with E-state index in [1.807, 2.05) is 0 Å². The normalized spacial score (nSPS) is 10.0. The van der Waals surface area contributed by atoms with E-state index in [-0.39, 0.29) is 21.8 Å². The Balaban J connectivity index is 2.50. The van der Waals surface area contributed by atoms with Crippen LogP contribution in [-0.2, 0) is 0 Å². The van der Waals surface area contributed by atoms with Gasteiger partial charge in [-0.25, -0.2) is 4.68 Å². The number of anilines is 2. The van der Waals surface area contributed by atoms with Gasteiger partial charge in [-0.2, -0.15) is 5.26 Å². The summed E-state index contributed by atoms with van der Waals surface area (Å²) >= 11 is 1.08. The van der Waals surface area contributed by atoms with Crippen LogP contribution in [0.15, 0.2) is 34.0 Å². The third kappa shape index (κ3) is 3.00. The number of aromatic nitrogens is 1. The number of pyridine rings is 1. The highest BCUT2D eigenvalue weighted by Crippen LogP contribution is 2.27. The first-order chi connectivity index (χ1) is 11.4. The molecule has 2 aromatic rings. The third-order valence-corrected chi connectivity index (χ3v) is 4.11. The Kier molecular flexibility index (Phi) is 5.01. The van der Waals surface area contributed by atoms with Gasteiger partial charge in [-0.1, -0.05) is 0 Å². The van der Waals surface area contributed by atoms with E-state index in [1.165, 1.54) is 7.11 Å². The van der Waals surface area contributed by atoms with Gasteiger partial charge in [-0.3, -0.25) is 9.59 Å². The van der Waals surface area contributed by atoms with Gasteiger partial charge >= 0.3 is 0 Å². The molecule has 1 heterocycles. The van der Waals surface area contributed by atoms with Crippen molar-refractivity contribution < 1.29 is 9.53 Å². The molecule has 0 aliphatic heterocycles. The van der Waals surface area contributed by atoms with Crippen LogP contribution in [0.5, 0.6) is 5.75 Å². The minimum Gasteiger partial charge on any atom is -0.497 e. The van der Waals surface area contributed by atoms with E-state index in [2.05, 4.69) is 5.32 Å². The second-order valence-electron chi connectivity index (χ2n) is 4.64. The van der Waals surface area contributed by atoms with Crippen LogP contribution in [0.4, 0.5) is 11.5 Å². The maximum Gasteiger partial charge on any atom is 0.289 e. The van der Waals surface area contributed by atoms with Crippen molar-refractivity contribution in [3.63, 3.8) is 0 Å². The summed E-state index contributed by atoms with van der Waals surface area (Å²) < 4.78 is 5.65. The van der Waals surface area contributed by atoms with E-state index in [9.17, 15) is 14.9 Å². The average molecular weight is 345 g/mol. The van der Waals surface area contributed by atoms with Crippen molar-refractivity contribution in [3.8, 4) is 11.8 Å². The molecule has 0 fully saturated rings. The highest BCUT2D eigenvalue weighted by atomic mass is 32.2. The van der Waals surface area contributed by atoms with E-state index in [0.29, 0.717) is 16.1 Å². The second kappa shape index (κ2) is 6.97. The molecule has 1 amide bonds. The average Bonchev–Trinajstić information content (AvgIpc) is 2.59. The molecule has 124 valence electrons. The summed E-state index contributed by atoms with van der Waals surface area (Å²) in [7, 11) is 1.53. The minimum absolute atomic E-state index is 0.0167. The lowest BCUT2D eigenvalue weighted by atomic mass is 10.1. The third-order valence-electron chi connectivity index (χ3n) is 3.29. The summed E-state index contributed by atoms with van der Waals surface area (Å²) in [5.41, 5.74) is 5.33. The summed E-state index contributed by atoms with van der Waals surface area (Å²) in [5, 5.41) is 11.8. The van der Waals surface area contributed by atoms with Gasteiger partial charge in [-0.05, 0) is 30.5 Å². The molecule has 0 aliphatic carbocycles. The lowest BCUT2D eigenvalue weighted by Crippen LogP contribution is -2.35. The standard InChI is InChI=1S/C15H15N5O3S/c1-23-9-5-3-8(4-6-9)19-14(21)11-12(24-2)10(7-16)15(22)20(18)13(11)17/h3-6H,17-18H2,1-2H3,(H,19,21). The van der Waals surface area contributed by atoms with Crippen molar-refractivity contribution in [2.75, 3.05) is 30.3 Å². The van der Waals surface area contributed by atoms with Gasteiger partial charge in [0.05, 0.1) is 12.7 Å². The molecular formula is C15H15N5O3S.